The maximum Gasteiger partial charge on any atom is 0.255 e. The molecule has 1 aliphatic heterocycles. The second-order valence-electron chi connectivity index (χ2n) is 7.34. The lowest BCUT2D eigenvalue weighted by atomic mass is 10.1. The minimum absolute atomic E-state index is 0.116. The molecular formula is C23H25N5O. The molecule has 1 aromatic carbocycles. The SMILES string of the molecule is Cc1ccc(C)c(NC(=O)c2ccnc(N3CCN(c4ccccn4)CC3)c2)c1. The molecule has 2 aromatic heterocycles. The lowest BCUT2D eigenvalue weighted by Crippen LogP contribution is -2.47. The van der Waals surface area contributed by atoms with Crippen LogP contribution in [0, 0.1) is 13.8 Å². The van der Waals surface area contributed by atoms with Crippen LogP contribution in [-0.4, -0.2) is 42.1 Å². The van der Waals surface area contributed by atoms with E-state index in [-0.39, 0.29) is 5.91 Å². The maximum atomic E-state index is 12.8. The molecule has 0 radical (unpaired) electrons. The standard InChI is InChI=1S/C23H25N5O/c1-17-6-7-18(2)20(15-17)26-23(29)19-8-10-25-22(16-19)28-13-11-27(12-14-28)21-5-3-4-9-24-21/h3-10,15-16H,11-14H2,1-2H3,(H,26,29). The highest BCUT2D eigenvalue weighted by Crippen LogP contribution is 2.20. The summed E-state index contributed by atoms with van der Waals surface area (Å²) in [4.78, 5) is 26.2. The Kier molecular flexibility index (Phi) is 5.42. The van der Waals surface area contributed by atoms with E-state index in [1.165, 1.54) is 0 Å². The second-order valence-corrected chi connectivity index (χ2v) is 7.34. The summed E-state index contributed by atoms with van der Waals surface area (Å²) >= 11 is 0. The third-order valence-corrected chi connectivity index (χ3v) is 5.23. The molecule has 1 aliphatic rings. The molecule has 3 aromatic rings. The number of nitrogens with one attached hydrogen (secondary N) is 1. The molecule has 0 saturated carbocycles. The Hall–Kier alpha value is -3.41. The Morgan fingerprint density at radius 3 is 2.31 bits per heavy atom. The van der Waals surface area contributed by atoms with Crippen molar-refractivity contribution in [1.82, 2.24) is 9.97 Å². The van der Waals surface area contributed by atoms with Crippen molar-refractivity contribution in [2.75, 3.05) is 41.3 Å². The molecule has 0 bridgehead atoms. The summed E-state index contributed by atoms with van der Waals surface area (Å²) in [5.41, 5.74) is 3.62. The zero-order valence-corrected chi connectivity index (χ0v) is 16.8. The van der Waals surface area contributed by atoms with Crippen molar-refractivity contribution in [3.8, 4) is 0 Å². The number of anilines is 3. The molecule has 1 saturated heterocycles. The molecule has 148 valence electrons. The van der Waals surface area contributed by atoms with E-state index in [1.807, 2.05) is 62.5 Å². The summed E-state index contributed by atoms with van der Waals surface area (Å²) in [7, 11) is 0. The lowest BCUT2D eigenvalue weighted by molar-refractivity contribution is 0.102. The van der Waals surface area contributed by atoms with Crippen LogP contribution in [0.25, 0.3) is 0 Å². The number of amides is 1. The summed E-state index contributed by atoms with van der Waals surface area (Å²) in [6.45, 7) is 7.44. The van der Waals surface area contributed by atoms with E-state index in [1.54, 1.807) is 12.3 Å². The number of piperazine rings is 1. The van der Waals surface area contributed by atoms with E-state index in [9.17, 15) is 4.79 Å². The van der Waals surface area contributed by atoms with Crippen LogP contribution in [0.4, 0.5) is 17.3 Å². The number of carbonyl (C=O) groups excluding carboxylic acids is 1. The van der Waals surface area contributed by atoms with E-state index in [2.05, 4.69) is 25.1 Å². The second kappa shape index (κ2) is 8.31. The molecule has 1 fully saturated rings. The van der Waals surface area contributed by atoms with Crippen LogP contribution in [0.2, 0.25) is 0 Å². The molecule has 6 nitrogen and oxygen atoms in total. The molecule has 6 heteroatoms. The molecule has 0 spiro atoms. The number of pyridine rings is 2. The van der Waals surface area contributed by atoms with Gasteiger partial charge in [0.2, 0.25) is 0 Å². The summed E-state index contributed by atoms with van der Waals surface area (Å²) in [6, 6.07) is 15.7. The maximum absolute atomic E-state index is 12.8. The molecule has 0 atom stereocenters. The number of aryl methyl sites for hydroxylation is 2. The van der Waals surface area contributed by atoms with E-state index in [0.29, 0.717) is 5.56 Å². The number of carbonyl (C=O) groups is 1. The van der Waals surface area contributed by atoms with Crippen LogP contribution in [0.15, 0.2) is 60.9 Å². The number of nitrogens with zero attached hydrogens (tertiary/aromatic N) is 4. The number of benzene rings is 1. The molecule has 29 heavy (non-hydrogen) atoms. The first-order chi connectivity index (χ1) is 14.1. The predicted molar refractivity (Wildman–Crippen MR) is 117 cm³/mol. The van der Waals surface area contributed by atoms with Crippen molar-refractivity contribution >= 4 is 23.2 Å². The Labute approximate surface area is 171 Å². The highest BCUT2D eigenvalue weighted by molar-refractivity contribution is 6.05. The Balaban J connectivity index is 1.44. The first-order valence-corrected chi connectivity index (χ1v) is 9.86. The predicted octanol–water partition coefficient (Wildman–Crippen LogP) is 3.67. The molecule has 3 heterocycles. The van der Waals surface area contributed by atoms with Crippen LogP contribution in [0.5, 0.6) is 0 Å². The fourth-order valence-corrected chi connectivity index (χ4v) is 3.50. The van der Waals surface area contributed by atoms with Crippen LogP contribution in [0.3, 0.4) is 0 Å². The van der Waals surface area contributed by atoms with Gasteiger partial charge in [-0.25, -0.2) is 9.97 Å². The smallest absolute Gasteiger partial charge is 0.255 e. The van der Waals surface area contributed by atoms with E-state index in [4.69, 9.17) is 0 Å². The van der Waals surface area contributed by atoms with Crippen molar-refractivity contribution in [2.24, 2.45) is 0 Å². The molecule has 4 rings (SSSR count). The van der Waals surface area contributed by atoms with E-state index < -0.39 is 0 Å². The summed E-state index contributed by atoms with van der Waals surface area (Å²) in [5.74, 6) is 1.72. The van der Waals surface area contributed by atoms with Crippen molar-refractivity contribution in [3.63, 3.8) is 0 Å². The first kappa shape index (κ1) is 18.9. The average Bonchev–Trinajstić information content (AvgIpc) is 2.77. The fourth-order valence-electron chi connectivity index (χ4n) is 3.50. The van der Waals surface area contributed by atoms with Gasteiger partial charge in [-0.15, -0.1) is 0 Å². The van der Waals surface area contributed by atoms with Crippen LogP contribution < -0.4 is 15.1 Å². The molecular weight excluding hydrogens is 362 g/mol. The van der Waals surface area contributed by atoms with E-state index >= 15 is 0 Å². The van der Waals surface area contributed by atoms with Gasteiger partial charge in [0.05, 0.1) is 0 Å². The van der Waals surface area contributed by atoms with Gasteiger partial charge in [-0.1, -0.05) is 18.2 Å². The van der Waals surface area contributed by atoms with Gasteiger partial charge in [-0.05, 0) is 55.3 Å². The number of hydrogen-bond acceptors (Lipinski definition) is 5. The van der Waals surface area contributed by atoms with Gasteiger partial charge < -0.3 is 15.1 Å². The average molecular weight is 387 g/mol. The van der Waals surface area contributed by atoms with Crippen molar-refractivity contribution < 1.29 is 4.79 Å². The lowest BCUT2D eigenvalue weighted by Gasteiger charge is -2.36. The fraction of sp³-hybridized carbons (Fsp3) is 0.261. The van der Waals surface area contributed by atoms with Gasteiger partial charge in [0.15, 0.2) is 0 Å². The zero-order valence-electron chi connectivity index (χ0n) is 16.8. The van der Waals surface area contributed by atoms with Gasteiger partial charge >= 0.3 is 0 Å². The highest BCUT2D eigenvalue weighted by atomic mass is 16.1. The van der Waals surface area contributed by atoms with Crippen molar-refractivity contribution in [2.45, 2.75) is 13.8 Å². The summed E-state index contributed by atoms with van der Waals surface area (Å²) in [6.07, 6.45) is 3.53. The van der Waals surface area contributed by atoms with Crippen LogP contribution in [-0.2, 0) is 0 Å². The van der Waals surface area contributed by atoms with Gasteiger partial charge in [-0.3, -0.25) is 4.79 Å². The monoisotopic (exact) mass is 387 g/mol. The molecule has 0 unspecified atom stereocenters. The van der Waals surface area contributed by atoms with Crippen molar-refractivity contribution in [1.29, 1.82) is 0 Å². The van der Waals surface area contributed by atoms with Gasteiger partial charge in [-0.2, -0.15) is 0 Å². The third-order valence-electron chi connectivity index (χ3n) is 5.23. The normalized spacial score (nSPS) is 14.0. The van der Waals surface area contributed by atoms with Crippen molar-refractivity contribution in [3.05, 3.63) is 77.6 Å². The van der Waals surface area contributed by atoms with Gasteiger partial charge in [0.1, 0.15) is 11.6 Å². The Morgan fingerprint density at radius 2 is 1.59 bits per heavy atom. The Morgan fingerprint density at radius 1 is 0.862 bits per heavy atom. The largest absolute Gasteiger partial charge is 0.353 e. The summed E-state index contributed by atoms with van der Waals surface area (Å²) in [5, 5.41) is 3.02. The third kappa shape index (κ3) is 4.37. The number of aromatic nitrogens is 2. The minimum Gasteiger partial charge on any atom is -0.353 e. The number of hydrogen-bond donors (Lipinski definition) is 1. The zero-order chi connectivity index (χ0) is 20.2. The van der Waals surface area contributed by atoms with Crippen LogP contribution >= 0.6 is 0 Å². The minimum atomic E-state index is -0.116. The quantitative estimate of drug-likeness (QED) is 0.740. The number of rotatable bonds is 4. The molecule has 1 N–H and O–H groups in total. The molecule has 0 aliphatic carbocycles. The van der Waals surface area contributed by atoms with E-state index in [0.717, 1.165) is 54.6 Å². The highest BCUT2D eigenvalue weighted by Gasteiger charge is 2.20. The Bertz CT molecular complexity index is 997. The van der Waals surface area contributed by atoms with Gasteiger partial charge in [0.25, 0.3) is 5.91 Å². The summed E-state index contributed by atoms with van der Waals surface area (Å²) < 4.78 is 0. The molecule has 1 amide bonds. The first-order valence-electron chi connectivity index (χ1n) is 9.86. The van der Waals surface area contributed by atoms with Gasteiger partial charge in [0, 0.05) is 49.8 Å². The topological polar surface area (TPSA) is 61.4 Å². The van der Waals surface area contributed by atoms with Crippen LogP contribution in [0.1, 0.15) is 21.5 Å².